The largest absolute Gasteiger partial charge is 0.395 e. The van der Waals surface area contributed by atoms with Crippen LogP contribution in [0.2, 0.25) is 5.02 Å². The maximum absolute atomic E-state index is 9.08. The van der Waals surface area contributed by atoms with Crippen LogP contribution in [0, 0.1) is 0 Å². The number of rotatable bonds is 9. The van der Waals surface area contributed by atoms with Crippen molar-refractivity contribution >= 4 is 52.7 Å². The molecule has 3 aliphatic rings. The number of halogens is 2. The lowest BCUT2D eigenvalue weighted by Gasteiger charge is -2.36. The molecule has 1 aliphatic carbocycles. The summed E-state index contributed by atoms with van der Waals surface area (Å²) in [5.41, 5.74) is 9.71. The molecule has 4 aromatic rings. The SMILES string of the molecule is CN(C)CCC=C1c2ccccc2CCc2ccccc21.Cl.OCCN1CCN(CCCN2c3ccccc3Sc3ccc(Cl)cc32)CC1. The Morgan fingerprint density at radius 1 is 0.735 bits per heavy atom. The lowest BCUT2D eigenvalue weighted by molar-refractivity contribution is 0.112. The Hall–Kier alpha value is -2.81. The zero-order chi connectivity index (χ0) is 33.3. The van der Waals surface area contributed by atoms with Gasteiger partial charge in [-0.25, -0.2) is 0 Å². The summed E-state index contributed by atoms with van der Waals surface area (Å²) in [6.45, 7) is 8.54. The zero-order valence-corrected chi connectivity index (χ0v) is 31.2. The molecule has 0 amide bonds. The van der Waals surface area contributed by atoms with E-state index in [0.717, 1.165) is 83.1 Å². The first kappa shape index (κ1) is 37.4. The topological polar surface area (TPSA) is 33.2 Å². The van der Waals surface area contributed by atoms with E-state index in [2.05, 4.69) is 125 Å². The zero-order valence-electron chi connectivity index (χ0n) is 28.9. The number of piperazine rings is 1. The van der Waals surface area contributed by atoms with E-state index in [1.165, 1.54) is 49.0 Å². The van der Waals surface area contributed by atoms with Crippen LogP contribution >= 0.6 is 35.8 Å². The second-order valence-corrected chi connectivity index (χ2v) is 14.6. The van der Waals surface area contributed by atoms with Gasteiger partial charge < -0.3 is 19.8 Å². The van der Waals surface area contributed by atoms with Gasteiger partial charge in [-0.15, -0.1) is 12.4 Å². The number of β-amino-alcohol motifs (C(OH)–C–C–N with tert-alkyl or cyclic N) is 1. The molecule has 4 aromatic carbocycles. The first-order chi connectivity index (χ1) is 23.5. The second-order valence-electron chi connectivity index (χ2n) is 13.1. The average Bonchev–Trinajstić information content (AvgIpc) is 3.26. The van der Waals surface area contributed by atoms with Gasteiger partial charge in [0.1, 0.15) is 0 Å². The normalized spacial score (nSPS) is 15.5. The van der Waals surface area contributed by atoms with Crippen LogP contribution in [0.4, 0.5) is 11.4 Å². The summed E-state index contributed by atoms with van der Waals surface area (Å²) < 4.78 is 0. The Kier molecular flexibility index (Phi) is 14.1. The van der Waals surface area contributed by atoms with Gasteiger partial charge in [-0.3, -0.25) is 4.90 Å². The molecule has 0 atom stereocenters. The first-order valence-corrected chi connectivity index (χ1v) is 18.6. The smallest absolute Gasteiger partial charge is 0.0567 e. The van der Waals surface area contributed by atoms with Gasteiger partial charge in [0, 0.05) is 60.6 Å². The van der Waals surface area contributed by atoms with E-state index < -0.39 is 0 Å². The molecule has 1 N–H and O–H groups in total. The molecule has 0 aromatic heterocycles. The molecule has 260 valence electrons. The van der Waals surface area contributed by atoms with Crippen LogP contribution in [0.1, 0.15) is 35.1 Å². The van der Waals surface area contributed by atoms with Crippen LogP contribution in [-0.2, 0) is 12.8 Å². The summed E-state index contributed by atoms with van der Waals surface area (Å²) in [6, 6.07) is 32.6. The minimum absolute atomic E-state index is 0. The maximum Gasteiger partial charge on any atom is 0.0567 e. The highest BCUT2D eigenvalue weighted by Crippen LogP contribution is 2.48. The fourth-order valence-corrected chi connectivity index (χ4v) is 8.22. The summed E-state index contributed by atoms with van der Waals surface area (Å²) in [5.74, 6) is 0. The van der Waals surface area contributed by atoms with Crippen LogP contribution in [0.25, 0.3) is 5.57 Å². The van der Waals surface area contributed by atoms with Crippen LogP contribution in [0.15, 0.2) is 107 Å². The molecule has 49 heavy (non-hydrogen) atoms. The van der Waals surface area contributed by atoms with Gasteiger partial charge >= 0.3 is 0 Å². The Bertz CT molecular complexity index is 1640. The van der Waals surface area contributed by atoms with E-state index in [1.807, 2.05) is 17.8 Å². The van der Waals surface area contributed by atoms with E-state index in [1.54, 1.807) is 0 Å². The van der Waals surface area contributed by atoms with Crippen molar-refractivity contribution in [3.8, 4) is 0 Å². The minimum atomic E-state index is 0. The molecular formula is C41H50Cl2N4OS. The van der Waals surface area contributed by atoms with E-state index in [9.17, 15) is 0 Å². The highest BCUT2D eigenvalue weighted by molar-refractivity contribution is 7.99. The van der Waals surface area contributed by atoms with Crippen LogP contribution in [0.3, 0.4) is 0 Å². The average molecular weight is 718 g/mol. The third-order valence-corrected chi connectivity index (χ3v) is 10.9. The van der Waals surface area contributed by atoms with Crippen molar-refractivity contribution in [1.29, 1.82) is 0 Å². The van der Waals surface area contributed by atoms with E-state index in [4.69, 9.17) is 16.7 Å². The summed E-state index contributed by atoms with van der Waals surface area (Å²) >= 11 is 8.12. The standard InChI is InChI=1S/C21H26ClN3OS.C20H23N.ClH/c22-17-6-7-21-19(16-17)25(18-4-1-2-5-20(18)27-21)9-3-8-23-10-12-24(13-11-23)14-15-26;1-21(2)15-7-12-20-18-10-5-3-8-16(18)13-14-17-9-4-6-11-19(17)20;/h1-2,4-7,16,26H,3,8-15H2;3-6,8-12H,7,13-15H2,1-2H3;1H. The van der Waals surface area contributed by atoms with Crippen molar-refractivity contribution in [2.45, 2.75) is 35.5 Å². The number of aliphatic hydroxyl groups excluding tert-OH is 1. The third kappa shape index (κ3) is 9.71. The fourth-order valence-electron chi connectivity index (χ4n) is 6.98. The number of benzene rings is 4. The van der Waals surface area contributed by atoms with Crippen molar-refractivity contribution in [1.82, 2.24) is 14.7 Å². The highest BCUT2D eigenvalue weighted by atomic mass is 35.5. The van der Waals surface area contributed by atoms with E-state index in [-0.39, 0.29) is 19.0 Å². The Morgan fingerprint density at radius 3 is 1.98 bits per heavy atom. The number of hydrogen-bond donors (Lipinski definition) is 1. The predicted octanol–water partition coefficient (Wildman–Crippen LogP) is 8.53. The van der Waals surface area contributed by atoms with E-state index >= 15 is 0 Å². The van der Waals surface area contributed by atoms with Gasteiger partial charge in [-0.05, 0) is 104 Å². The molecule has 8 heteroatoms. The number of aryl methyl sites for hydroxylation is 2. The Morgan fingerprint density at radius 2 is 1.33 bits per heavy atom. The quantitative estimate of drug-likeness (QED) is 0.187. The summed E-state index contributed by atoms with van der Waals surface area (Å²) in [6.07, 6.45) is 6.90. The molecule has 2 aliphatic heterocycles. The molecule has 0 spiro atoms. The maximum atomic E-state index is 9.08. The summed E-state index contributed by atoms with van der Waals surface area (Å²) in [4.78, 5) is 12.1. The molecule has 2 heterocycles. The first-order valence-electron chi connectivity index (χ1n) is 17.4. The monoisotopic (exact) mass is 716 g/mol. The lowest BCUT2D eigenvalue weighted by atomic mass is 9.93. The fraction of sp³-hybridized carbons (Fsp3) is 0.366. The van der Waals surface area contributed by atoms with Crippen LogP contribution < -0.4 is 4.90 Å². The van der Waals surface area contributed by atoms with Gasteiger partial charge in [-0.2, -0.15) is 0 Å². The lowest BCUT2D eigenvalue weighted by Crippen LogP contribution is -2.47. The predicted molar refractivity (Wildman–Crippen MR) is 211 cm³/mol. The second kappa shape index (κ2) is 18.4. The van der Waals surface area contributed by atoms with Gasteiger partial charge in [0.25, 0.3) is 0 Å². The van der Waals surface area contributed by atoms with E-state index in [0.29, 0.717) is 0 Å². The Balaban J connectivity index is 0.000000193. The van der Waals surface area contributed by atoms with Gasteiger partial charge in [0.05, 0.1) is 18.0 Å². The number of anilines is 2. The molecule has 7 rings (SSSR count). The Labute approximate surface area is 309 Å². The number of fused-ring (bicyclic) bond motifs is 4. The molecule has 0 bridgehead atoms. The number of nitrogens with zero attached hydrogens (tertiary/aromatic N) is 4. The van der Waals surface area contributed by atoms with Crippen LogP contribution in [-0.4, -0.2) is 92.9 Å². The number of aliphatic hydroxyl groups is 1. The number of hydrogen-bond acceptors (Lipinski definition) is 6. The van der Waals surface area contributed by atoms with Gasteiger partial charge in [0.15, 0.2) is 0 Å². The van der Waals surface area contributed by atoms with Crippen molar-refractivity contribution in [2.24, 2.45) is 0 Å². The molecule has 1 saturated heterocycles. The highest BCUT2D eigenvalue weighted by Gasteiger charge is 2.24. The van der Waals surface area contributed by atoms with Gasteiger partial charge in [-0.1, -0.05) is 90.1 Å². The molecular weight excluding hydrogens is 667 g/mol. The van der Waals surface area contributed by atoms with Crippen molar-refractivity contribution in [2.75, 3.05) is 78.0 Å². The summed E-state index contributed by atoms with van der Waals surface area (Å²) in [7, 11) is 4.26. The molecule has 5 nitrogen and oxygen atoms in total. The minimum Gasteiger partial charge on any atom is -0.395 e. The van der Waals surface area contributed by atoms with Crippen molar-refractivity contribution in [3.05, 3.63) is 124 Å². The third-order valence-electron chi connectivity index (χ3n) is 9.53. The number of para-hydroxylation sites is 1. The molecule has 1 fully saturated rings. The molecule has 0 radical (unpaired) electrons. The molecule has 0 saturated carbocycles. The van der Waals surface area contributed by atoms with Crippen LogP contribution in [0.5, 0.6) is 0 Å². The van der Waals surface area contributed by atoms with Crippen molar-refractivity contribution in [3.63, 3.8) is 0 Å². The van der Waals surface area contributed by atoms with Crippen molar-refractivity contribution < 1.29 is 5.11 Å². The molecule has 0 unspecified atom stereocenters. The summed E-state index contributed by atoms with van der Waals surface area (Å²) in [5, 5.41) is 9.87. The van der Waals surface area contributed by atoms with Gasteiger partial charge in [0.2, 0.25) is 0 Å².